The lowest BCUT2D eigenvalue weighted by Gasteiger charge is -2.29. The first-order chi connectivity index (χ1) is 21.2. The van der Waals surface area contributed by atoms with Crippen LogP contribution in [0.25, 0.3) is 0 Å². The van der Waals surface area contributed by atoms with Crippen molar-refractivity contribution in [3.8, 4) is 0 Å². The van der Waals surface area contributed by atoms with Gasteiger partial charge in [-0.1, -0.05) is 74.0 Å². The minimum Gasteiger partial charge on any atom is -0.418 e. The van der Waals surface area contributed by atoms with Gasteiger partial charge in [-0.2, -0.15) is 0 Å². The van der Waals surface area contributed by atoms with Crippen molar-refractivity contribution >= 4 is 23.6 Å². The van der Waals surface area contributed by atoms with E-state index in [0.717, 1.165) is 29.1 Å². The molecule has 0 spiro atoms. The summed E-state index contributed by atoms with van der Waals surface area (Å²) in [5.41, 5.74) is 2.73. The highest BCUT2D eigenvalue weighted by Gasteiger charge is 2.46. The zero-order chi connectivity index (χ0) is 31.2. The van der Waals surface area contributed by atoms with Gasteiger partial charge in [0.2, 0.25) is 17.6 Å². The summed E-state index contributed by atoms with van der Waals surface area (Å²) < 4.78 is 11.1. The number of nitrogens with one attached hydrogen (secondary N) is 1. The van der Waals surface area contributed by atoms with Crippen LogP contribution in [0.5, 0.6) is 0 Å². The van der Waals surface area contributed by atoms with Gasteiger partial charge in [-0.3, -0.25) is 24.2 Å². The van der Waals surface area contributed by atoms with Crippen LogP contribution >= 0.6 is 0 Å². The molecule has 2 saturated heterocycles. The summed E-state index contributed by atoms with van der Waals surface area (Å²) >= 11 is 0. The molecule has 2 fully saturated rings. The Balaban J connectivity index is 1.26. The van der Waals surface area contributed by atoms with Crippen LogP contribution in [0.2, 0.25) is 0 Å². The second-order valence-corrected chi connectivity index (χ2v) is 11.5. The normalized spacial score (nSPS) is 18.2. The topological polar surface area (TPSA) is 138 Å². The van der Waals surface area contributed by atoms with Crippen molar-refractivity contribution in [2.75, 3.05) is 45.9 Å². The second-order valence-electron chi connectivity index (χ2n) is 11.5. The Morgan fingerprint density at radius 2 is 1.75 bits per heavy atom. The van der Waals surface area contributed by atoms with E-state index in [1.54, 1.807) is 26.0 Å². The van der Waals surface area contributed by atoms with Crippen LogP contribution in [0.3, 0.4) is 0 Å². The molecule has 2 aliphatic rings. The molecule has 232 valence electrons. The minimum atomic E-state index is -0.995. The van der Waals surface area contributed by atoms with Gasteiger partial charge in [0.05, 0.1) is 25.7 Å². The van der Waals surface area contributed by atoms with Crippen LogP contribution in [0.4, 0.5) is 4.79 Å². The first-order valence-electron chi connectivity index (χ1n) is 14.9. The molecule has 2 aliphatic heterocycles. The highest BCUT2D eigenvalue weighted by Crippen LogP contribution is 2.31. The number of ketones is 1. The molecule has 0 radical (unpaired) electrons. The smallest absolute Gasteiger partial charge is 0.328 e. The van der Waals surface area contributed by atoms with Crippen molar-refractivity contribution in [1.29, 1.82) is 0 Å². The molecular formula is C32H38N6O6. The third-order valence-corrected chi connectivity index (χ3v) is 7.85. The Morgan fingerprint density at radius 1 is 1.00 bits per heavy atom. The maximum Gasteiger partial charge on any atom is 0.328 e. The minimum absolute atomic E-state index is 0.210. The van der Waals surface area contributed by atoms with E-state index in [1.165, 1.54) is 4.90 Å². The molecule has 5 rings (SSSR count). The SMILES string of the molecule is Cc1cccc(Cc2nnc(C(=O)C(NC(=O)CN3C(=O)C(c4ccccc4)N(CCN4CCOCC4)C3=O)C(C)C)o2)c1. The number of morpholine rings is 1. The van der Waals surface area contributed by atoms with Gasteiger partial charge in [0.15, 0.2) is 0 Å². The lowest BCUT2D eigenvalue weighted by atomic mass is 9.99. The molecule has 0 saturated carbocycles. The number of rotatable bonds is 12. The van der Waals surface area contributed by atoms with E-state index >= 15 is 0 Å². The maximum absolute atomic E-state index is 13.6. The Labute approximate surface area is 256 Å². The summed E-state index contributed by atoms with van der Waals surface area (Å²) in [6.45, 7) is 8.64. The van der Waals surface area contributed by atoms with Gasteiger partial charge < -0.3 is 19.4 Å². The van der Waals surface area contributed by atoms with Crippen molar-refractivity contribution in [3.63, 3.8) is 0 Å². The molecule has 2 atom stereocenters. The number of benzene rings is 2. The largest absolute Gasteiger partial charge is 0.418 e. The number of aromatic nitrogens is 2. The van der Waals surface area contributed by atoms with Crippen LogP contribution in [0.15, 0.2) is 59.0 Å². The van der Waals surface area contributed by atoms with Crippen LogP contribution in [0.1, 0.15) is 53.2 Å². The molecule has 44 heavy (non-hydrogen) atoms. The van der Waals surface area contributed by atoms with Gasteiger partial charge in [0.1, 0.15) is 12.6 Å². The van der Waals surface area contributed by atoms with Gasteiger partial charge in [-0.25, -0.2) is 4.79 Å². The number of hydrogen-bond donors (Lipinski definition) is 1. The van der Waals surface area contributed by atoms with Gasteiger partial charge in [-0.15, -0.1) is 10.2 Å². The predicted molar refractivity (Wildman–Crippen MR) is 160 cm³/mol. The first kappa shape index (κ1) is 31.0. The molecule has 12 nitrogen and oxygen atoms in total. The fraction of sp³-hybridized carbons (Fsp3) is 0.438. The molecule has 12 heteroatoms. The summed E-state index contributed by atoms with van der Waals surface area (Å²) in [5.74, 6) is -1.91. The fourth-order valence-electron chi connectivity index (χ4n) is 5.49. The number of urea groups is 1. The number of imide groups is 1. The summed E-state index contributed by atoms with van der Waals surface area (Å²) in [6.07, 6.45) is 0.366. The van der Waals surface area contributed by atoms with Crippen molar-refractivity contribution in [2.45, 2.75) is 39.3 Å². The van der Waals surface area contributed by atoms with E-state index in [0.29, 0.717) is 38.3 Å². The standard InChI is InChI=1S/C32H38N6O6/c1-21(2)27(29(40)30-35-34-26(44-30)19-23-9-7-8-22(3)18-23)33-25(39)20-38-31(41)28(24-10-5-4-6-11-24)37(32(38)42)13-12-36-14-16-43-17-15-36/h4-11,18,21,27-28H,12-17,19-20H2,1-3H3,(H,33,39). The summed E-state index contributed by atoms with van der Waals surface area (Å²) in [5, 5.41) is 10.6. The van der Waals surface area contributed by atoms with E-state index in [-0.39, 0.29) is 17.7 Å². The third kappa shape index (κ3) is 7.20. The Bertz CT molecular complexity index is 1490. The molecule has 0 bridgehead atoms. The zero-order valence-electron chi connectivity index (χ0n) is 25.3. The van der Waals surface area contributed by atoms with Crippen LogP contribution in [-0.2, 0) is 20.7 Å². The van der Waals surface area contributed by atoms with Gasteiger partial charge in [-0.05, 0) is 24.0 Å². The average Bonchev–Trinajstić information content (AvgIpc) is 3.57. The Hall–Kier alpha value is -4.42. The highest BCUT2D eigenvalue weighted by molar-refractivity contribution is 6.07. The summed E-state index contributed by atoms with van der Waals surface area (Å²) in [4.78, 5) is 58.4. The summed E-state index contributed by atoms with van der Waals surface area (Å²) in [6, 6.07) is 14.5. The third-order valence-electron chi connectivity index (χ3n) is 7.85. The number of hydrogen-bond acceptors (Lipinski definition) is 9. The summed E-state index contributed by atoms with van der Waals surface area (Å²) in [7, 11) is 0. The van der Waals surface area contributed by atoms with Gasteiger partial charge in [0, 0.05) is 26.2 Å². The number of ether oxygens (including phenoxy) is 1. The van der Waals surface area contributed by atoms with Crippen molar-refractivity contribution in [2.24, 2.45) is 5.92 Å². The molecule has 0 aliphatic carbocycles. The number of carbonyl (C=O) groups is 4. The zero-order valence-corrected chi connectivity index (χ0v) is 25.3. The fourth-order valence-corrected chi connectivity index (χ4v) is 5.49. The predicted octanol–water partition coefficient (Wildman–Crippen LogP) is 2.63. The van der Waals surface area contributed by atoms with E-state index in [9.17, 15) is 19.2 Å². The first-order valence-corrected chi connectivity index (χ1v) is 14.9. The molecule has 3 heterocycles. The molecular weight excluding hydrogens is 564 g/mol. The number of Topliss-reactive ketones (excluding diaryl/α,β-unsaturated/α-hetero) is 1. The van der Waals surface area contributed by atoms with E-state index in [2.05, 4.69) is 20.4 Å². The molecule has 2 aromatic carbocycles. The van der Waals surface area contributed by atoms with Crippen molar-refractivity contribution in [1.82, 2.24) is 30.2 Å². The van der Waals surface area contributed by atoms with Crippen molar-refractivity contribution in [3.05, 3.63) is 83.1 Å². The average molecular weight is 603 g/mol. The van der Waals surface area contributed by atoms with Gasteiger partial charge in [0.25, 0.3) is 11.8 Å². The number of aryl methyl sites for hydroxylation is 1. The Morgan fingerprint density at radius 3 is 2.45 bits per heavy atom. The molecule has 1 aromatic heterocycles. The van der Waals surface area contributed by atoms with Crippen molar-refractivity contribution < 1.29 is 28.3 Å². The van der Waals surface area contributed by atoms with Crippen LogP contribution in [-0.4, -0.2) is 101 Å². The number of amides is 4. The maximum atomic E-state index is 13.6. The molecule has 2 unspecified atom stereocenters. The monoisotopic (exact) mass is 602 g/mol. The van der Waals surface area contributed by atoms with E-state index in [4.69, 9.17) is 9.15 Å². The number of carbonyl (C=O) groups excluding carboxylic acids is 4. The van der Waals surface area contributed by atoms with Crippen LogP contribution in [0, 0.1) is 12.8 Å². The lowest BCUT2D eigenvalue weighted by Crippen LogP contribution is -2.49. The molecule has 3 aromatic rings. The van der Waals surface area contributed by atoms with E-state index in [1.807, 2.05) is 49.4 Å². The highest BCUT2D eigenvalue weighted by atomic mass is 16.5. The Kier molecular flexibility index (Phi) is 9.81. The van der Waals surface area contributed by atoms with Gasteiger partial charge >= 0.3 is 6.03 Å². The molecule has 4 amide bonds. The lowest BCUT2D eigenvalue weighted by molar-refractivity contribution is -0.133. The number of nitrogens with zero attached hydrogens (tertiary/aromatic N) is 5. The molecule has 1 N–H and O–H groups in total. The van der Waals surface area contributed by atoms with E-state index < -0.39 is 42.3 Å². The second kappa shape index (κ2) is 13.9. The van der Waals surface area contributed by atoms with Crippen LogP contribution < -0.4 is 5.32 Å². The quantitative estimate of drug-likeness (QED) is 0.245.